The lowest BCUT2D eigenvalue weighted by Gasteiger charge is -2.33. The van der Waals surface area contributed by atoms with Crippen LogP contribution in [0.3, 0.4) is 0 Å². The smallest absolute Gasteiger partial charge is 0.244 e. The topological polar surface area (TPSA) is 86.8 Å². The molecule has 35 heavy (non-hydrogen) atoms. The van der Waals surface area contributed by atoms with Gasteiger partial charge in [0.2, 0.25) is 21.8 Å². The van der Waals surface area contributed by atoms with Crippen molar-refractivity contribution in [3.05, 3.63) is 64.9 Å². The van der Waals surface area contributed by atoms with E-state index < -0.39 is 34.3 Å². The Bertz CT molecular complexity index is 1150. The van der Waals surface area contributed by atoms with E-state index >= 15 is 0 Å². The molecule has 0 radical (unpaired) electrons. The van der Waals surface area contributed by atoms with Crippen LogP contribution in [0.5, 0.6) is 0 Å². The van der Waals surface area contributed by atoms with Crippen LogP contribution in [0, 0.1) is 5.82 Å². The van der Waals surface area contributed by atoms with E-state index in [-0.39, 0.29) is 24.2 Å². The molecule has 10 heteroatoms. The molecular weight excluding hydrogens is 493 g/mol. The van der Waals surface area contributed by atoms with Crippen LogP contribution < -0.4 is 9.62 Å². The van der Waals surface area contributed by atoms with E-state index in [1.165, 1.54) is 23.1 Å². The SMILES string of the molecule is C[C@@H](C(=O)NC1CCCCC1)N(Cc1ccccc1Cl)C(=O)CN(c1cccc(F)c1)S(C)(=O)=O. The average Bonchev–Trinajstić information content (AvgIpc) is 2.81. The Labute approximate surface area is 211 Å². The van der Waals surface area contributed by atoms with Crippen LogP contribution in [0.4, 0.5) is 10.1 Å². The molecule has 1 fully saturated rings. The van der Waals surface area contributed by atoms with Crippen molar-refractivity contribution in [1.82, 2.24) is 10.2 Å². The second-order valence-electron chi connectivity index (χ2n) is 8.88. The van der Waals surface area contributed by atoms with Crippen molar-refractivity contribution in [3.8, 4) is 0 Å². The van der Waals surface area contributed by atoms with Crippen LogP contribution in [0.15, 0.2) is 48.5 Å². The zero-order chi connectivity index (χ0) is 25.6. The van der Waals surface area contributed by atoms with Gasteiger partial charge in [0.1, 0.15) is 18.4 Å². The molecule has 1 aliphatic rings. The Morgan fingerprint density at radius 1 is 1.11 bits per heavy atom. The van der Waals surface area contributed by atoms with Crippen LogP contribution in [0.1, 0.15) is 44.6 Å². The van der Waals surface area contributed by atoms with Gasteiger partial charge in [-0.25, -0.2) is 12.8 Å². The number of rotatable bonds is 9. The minimum absolute atomic E-state index is 0.0124. The van der Waals surface area contributed by atoms with Gasteiger partial charge in [-0.15, -0.1) is 0 Å². The van der Waals surface area contributed by atoms with E-state index in [0.717, 1.165) is 48.7 Å². The predicted molar refractivity (Wildman–Crippen MR) is 135 cm³/mol. The fraction of sp³-hybridized carbons (Fsp3) is 0.440. The molecule has 7 nitrogen and oxygen atoms in total. The Hall–Kier alpha value is -2.65. The second-order valence-corrected chi connectivity index (χ2v) is 11.2. The van der Waals surface area contributed by atoms with Gasteiger partial charge in [0.25, 0.3) is 0 Å². The van der Waals surface area contributed by atoms with Gasteiger partial charge >= 0.3 is 0 Å². The van der Waals surface area contributed by atoms with Crippen LogP contribution in [-0.2, 0) is 26.2 Å². The summed E-state index contributed by atoms with van der Waals surface area (Å²) >= 11 is 6.32. The van der Waals surface area contributed by atoms with E-state index in [0.29, 0.717) is 10.6 Å². The highest BCUT2D eigenvalue weighted by Gasteiger charge is 2.31. The zero-order valence-corrected chi connectivity index (χ0v) is 21.5. The molecule has 2 aromatic rings. The van der Waals surface area contributed by atoms with Gasteiger partial charge in [0.05, 0.1) is 11.9 Å². The Morgan fingerprint density at radius 3 is 2.43 bits per heavy atom. The maximum Gasteiger partial charge on any atom is 0.244 e. The lowest BCUT2D eigenvalue weighted by Crippen LogP contribution is -2.53. The van der Waals surface area contributed by atoms with Crippen LogP contribution in [0.25, 0.3) is 0 Å². The monoisotopic (exact) mass is 523 g/mol. The molecule has 0 heterocycles. The highest BCUT2D eigenvalue weighted by molar-refractivity contribution is 7.92. The lowest BCUT2D eigenvalue weighted by atomic mass is 9.95. The number of carbonyl (C=O) groups excluding carboxylic acids is 2. The number of halogens is 2. The van der Waals surface area contributed by atoms with E-state index in [2.05, 4.69) is 5.32 Å². The Morgan fingerprint density at radius 2 is 1.80 bits per heavy atom. The zero-order valence-electron chi connectivity index (χ0n) is 19.9. The second kappa shape index (κ2) is 11.9. The van der Waals surface area contributed by atoms with E-state index in [1.54, 1.807) is 31.2 Å². The third-order valence-corrected chi connectivity index (χ3v) is 7.70. The molecule has 2 amide bonds. The number of carbonyl (C=O) groups is 2. The van der Waals surface area contributed by atoms with Gasteiger partial charge in [0.15, 0.2) is 0 Å². The van der Waals surface area contributed by atoms with Crippen molar-refractivity contribution in [1.29, 1.82) is 0 Å². The molecule has 190 valence electrons. The minimum atomic E-state index is -3.92. The summed E-state index contributed by atoms with van der Waals surface area (Å²) in [5.74, 6) is -1.54. The van der Waals surface area contributed by atoms with Crippen molar-refractivity contribution in [2.75, 3.05) is 17.1 Å². The molecule has 0 spiro atoms. The van der Waals surface area contributed by atoms with Gasteiger partial charge < -0.3 is 10.2 Å². The molecule has 1 saturated carbocycles. The van der Waals surface area contributed by atoms with Crippen molar-refractivity contribution in [2.24, 2.45) is 0 Å². The summed E-state index contributed by atoms with van der Waals surface area (Å²) in [7, 11) is -3.92. The molecule has 1 aliphatic carbocycles. The van der Waals surface area contributed by atoms with Crippen molar-refractivity contribution < 1.29 is 22.4 Å². The van der Waals surface area contributed by atoms with Gasteiger partial charge in [-0.1, -0.05) is 55.1 Å². The normalized spacial score (nSPS) is 15.3. The third kappa shape index (κ3) is 7.41. The fourth-order valence-electron chi connectivity index (χ4n) is 4.21. The van der Waals surface area contributed by atoms with Gasteiger partial charge in [-0.05, 0) is 49.6 Å². The van der Waals surface area contributed by atoms with E-state index in [4.69, 9.17) is 11.6 Å². The first-order chi connectivity index (χ1) is 16.6. The molecule has 1 atom stereocenters. The van der Waals surface area contributed by atoms with Crippen molar-refractivity contribution in [3.63, 3.8) is 0 Å². The number of hydrogen-bond acceptors (Lipinski definition) is 4. The van der Waals surface area contributed by atoms with Crippen LogP contribution >= 0.6 is 11.6 Å². The number of nitrogens with one attached hydrogen (secondary N) is 1. The number of benzene rings is 2. The highest BCUT2D eigenvalue weighted by Crippen LogP contribution is 2.23. The fourth-order valence-corrected chi connectivity index (χ4v) is 5.24. The molecule has 0 aliphatic heterocycles. The molecule has 0 saturated heterocycles. The van der Waals surface area contributed by atoms with E-state index in [9.17, 15) is 22.4 Å². The molecular formula is C25H31ClFN3O4S. The standard InChI is InChI=1S/C25H31ClFN3O4S/c1-18(25(32)28-21-11-4-3-5-12-21)29(16-19-9-6-7-14-23(19)26)24(31)17-30(35(2,33)34)22-13-8-10-20(27)15-22/h6-10,13-15,18,21H,3-5,11-12,16-17H2,1-2H3,(H,28,32)/t18-/m0/s1. The first kappa shape index (κ1) is 26.9. The molecule has 2 aromatic carbocycles. The Balaban J connectivity index is 1.88. The number of hydrogen-bond donors (Lipinski definition) is 1. The molecule has 0 unspecified atom stereocenters. The molecule has 0 aromatic heterocycles. The summed E-state index contributed by atoms with van der Waals surface area (Å²) in [5, 5.41) is 3.46. The molecule has 3 rings (SSSR count). The first-order valence-corrected chi connectivity index (χ1v) is 13.9. The maximum absolute atomic E-state index is 13.8. The lowest BCUT2D eigenvalue weighted by molar-refractivity contribution is -0.139. The summed E-state index contributed by atoms with van der Waals surface area (Å²) in [6.45, 7) is 1.03. The first-order valence-electron chi connectivity index (χ1n) is 11.6. The largest absolute Gasteiger partial charge is 0.352 e. The van der Waals surface area contributed by atoms with Crippen molar-refractivity contribution >= 4 is 39.1 Å². The van der Waals surface area contributed by atoms with Gasteiger partial charge in [-0.2, -0.15) is 0 Å². The molecule has 1 N–H and O–H groups in total. The van der Waals surface area contributed by atoms with Crippen molar-refractivity contribution in [2.45, 2.75) is 57.7 Å². The maximum atomic E-state index is 13.8. The summed E-state index contributed by atoms with van der Waals surface area (Å²) in [4.78, 5) is 27.9. The van der Waals surface area contributed by atoms with Crippen LogP contribution in [-0.4, -0.2) is 50.0 Å². The highest BCUT2D eigenvalue weighted by atomic mass is 35.5. The third-order valence-electron chi connectivity index (χ3n) is 6.19. The summed E-state index contributed by atoms with van der Waals surface area (Å²) in [5.41, 5.74) is 0.648. The van der Waals surface area contributed by atoms with Crippen LogP contribution in [0.2, 0.25) is 5.02 Å². The summed E-state index contributed by atoms with van der Waals surface area (Å²) < 4.78 is 39.7. The number of anilines is 1. The average molecular weight is 524 g/mol. The molecule has 0 bridgehead atoms. The number of nitrogens with zero attached hydrogens (tertiary/aromatic N) is 2. The van der Waals surface area contributed by atoms with E-state index in [1.807, 2.05) is 0 Å². The predicted octanol–water partition coefficient (Wildman–Crippen LogP) is 4.11. The van der Waals surface area contributed by atoms with Gasteiger partial charge in [-0.3, -0.25) is 13.9 Å². The minimum Gasteiger partial charge on any atom is -0.352 e. The number of sulfonamides is 1. The Kier molecular flexibility index (Phi) is 9.13. The number of amides is 2. The quantitative estimate of drug-likeness (QED) is 0.536. The van der Waals surface area contributed by atoms with Gasteiger partial charge in [0, 0.05) is 17.6 Å². The summed E-state index contributed by atoms with van der Waals surface area (Å²) in [6, 6.07) is 11.1. The summed E-state index contributed by atoms with van der Waals surface area (Å²) in [6.07, 6.45) is 5.94.